The van der Waals surface area contributed by atoms with Crippen molar-refractivity contribution in [2.24, 2.45) is 0 Å². The maximum Gasteiger partial charge on any atom is 0.374 e. The highest BCUT2D eigenvalue weighted by atomic mass is 16.5. The standard InChI is InChI=1S/C16H24N2O3/c1-18-13-4-3-5-14(18)9-12(8-13)17-10-11-6-7-21-15(11)16(19)20-2/h6-7,12-14,17H,3-5,8-10H2,1-2H3. The van der Waals surface area contributed by atoms with E-state index >= 15 is 0 Å². The van der Waals surface area contributed by atoms with Crippen molar-refractivity contribution >= 4 is 5.97 Å². The third kappa shape index (κ3) is 2.99. The molecule has 0 aliphatic carbocycles. The quantitative estimate of drug-likeness (QED) is 0.862. The highest BCUT2D eigenvalue weighted by molar-refractivity contribution is 5.87. The highest BCUT2D eigenvalue weighted by Crippen LogP contribution is 2.32. The van der Waals surface area contributed by atoms with Gasteiger partial charge in [-0.15, -0.1) is 0 Å². The Morgan fingerprint density at radius 1 is 1.43 bits per heavy atom. The summed E-state index contributed by atoms with van der Waals surface area (Å²) < 4.78 is 9.96. The fourth-order valence-corrected chi connectivity index (χ4v) is 3.78. The number of esters is 1. The van der Waals surface area contributed by atoms with Crippen LogP contribution in [0, 0.1) is 0 Å². The van der Waals surface area contributed by atoms with Crippen LogP contribution < -0.4 is 5.32 Å². The maximum absolute atomic E-state index is 11.6. The second-order valence-electron chi connectivity index (χ2n) is 6.22. The fraction of sp³-hybridized carbons (Fsp3) is 0.688. The van der Waals surface area contributed by atoms with Gasteiger partial charge in [0.1, 0.15) is 0 Å². The lowest BCUT2D eigenvalue weighted by Gasteiger charge is -2.47. The van der Waals surface area contributed by atoms with E-state index in [2.05, 4.69) is 17.3 Å². The molecule has 2 saturated heterocycles. The first-order valence-electron chi connectivity index (χ1n) is 7.79. The van der Waals surface area contributed by atoms with Crippen LogP contribution in [0.2, 0.25) is 0 Å². The Balaban J connectivity index is 1.59. The van der Waals surface area contributed by atoms with E-state index in [4.69, 9.17) is 9.15 Å². The van der Waals surface area contributed by atoms with Crippen molar-refractivity contribution < 1.29 is 13.9 Å². The first kappa shape index (κ1) is 14.6. The number of furan rings is 1. The molecule has 5 nitrogen and oxygen atoms in total. The minimum Gasteiger partial charge on any atom is -0.463 e. The van der Waals surface area contributed by atoms with Crippen molar-refractivity contribution in [1.29, 1.82) is 0 Å². The van der Waals surface area contributed by atoms with Crippen LogP contribution in [0.15, 0.2) is 16.7 Å². The van der Waals surface area contributed by atoms with Crippen molar-refractivity contribution in [1.82, 2.24) is 10.2 Å². The number of ether oxygens (including phenoxy) is 1. The van der Waals surface area contributed by atoms with Gasteiger partial charge >= 0.3 is 5.97 Å². The van der Waals surface area contributed by atoms with Crippen molar-refractivity contribution in [3.8, 4) is 0 Å². The number of methoxy groups -OCH3 is 1. The van der Waals surface area contributed by atoms with E-state index in [1.54, 1.807) is 6.26 Å². The summed E-state index contributed by atoms with van der Waals surface area (Å²) in [4.78, 5) is 14.2. The molecule has 0 spiro atoms. The molecule has 2 aliphatic rings. The number of rotatable bonds is 4. The van der Waals surface area contributed by atoms with Gasteiger partial charge in [0.05, 0.1) is 13.4 Å². The van der Waals surface area contributed by atoms with Crippen molar-refractivity contribution in [3.63, 3.8) is 0 Å². The van der Waals surface area contributed by atoms with Crippen LogP contribution in [-0.2, 0) is 11.3 Å². The van der Waals surface area contributed by atoms with Crippen LogP contribution in [0.4, 0.5) is 0 Å². The lowest BCUT2D eigenvalue weighted by molar-refractivity contribution is 0.0479. The Bertz CT molecular complexity index is 485. The molecular weight excluding hydrogens is 268 g/mol. The topological polar surface area (TPSA) is 54.7 Å². The number of nitrogens with zero attached hydrogens (tertiary/aromatic N) is 1. The summed E-state index contributed by atoms with van der Waals surface area (Å²) in [5.74, 6) is -0.0878. The summed E-state index contributed by atoms with van der Waals surface area (Å²) in [7, 11) is 3.64. The number of carbonyl (C=O) groups is 1. The molecule has 2 fully saturated rings. The Hall–Kier alpha value is -1.33. The molecule has 1 N–H and O–H groups in total. The van der Waals surface area contributed by atoms with E-state index in [9.17, 15) is 4.79 Å². The zero-order valence-electron chi connectivity index (χ0n) is 12.8. The summed E-state index contributed by atoms with van der Waals surface area (Å²) >= 11 is 0. The van der Waals surface area contributed by atoms with E-state index in [0.717, 1.165) is 5.56 Å². The van der Waals surface area contributed by atoms with E-state index in [0.29, 0.717) is 30.4 Å². The second-order valence-corrected chi connectivity index (χ2v) is 6.22. The van der Waals surface area contributed by atoms with E-state index in [-0.39, 0.29) is 0 Å². The summed E-state index contributed by atoms with van der Waals surface area (Å²) in [5.41, 5.74) is 0.880. The van der Waals surface area contributed by atoms with E-state index < -0.39 is 5.97 Å². The summed E-state index contributed by atoms with van der Waals surface area (Å²) in [5, 5.41) is 3.60. The van der Waals surface area contributed by atoms with Gasteiger partial charge in [-0.3, -0.25) is 0 Å². The van der Waals surface area contributed by atoms with Crippen LogP contribution in [0.25, 0.3) is 0 Å². The largest absolute Gasteiger partial charge is 0.463 e. The molecule has 0 aromatic carbocycles. The van der Waals surface area contributed by atoms with Gasteiger partial charge in [0.15, 0.2) is 0 Å². The molecule has 1 aromatic rings. The van der Waals surface area contributed by atoms with Gasteiger partial charge in [-0.2, -0.15) is 0 Å². The molecule has 0 radical (unpaired) electrons. The summed E-state index contributed by atoms with van der Waals surface area (Å²) in [6, 6.07) is 3.78. The minimum absolute atomic E-state index is 0.318. The van der Waals surface area contributed by atoms with Crippen LogP contribution in [0.3, 0.4) is 0 Å². The van der Waals surface area contributed by atoms with Gasteiger partial charge in [-0.05, 0) is 38.8 Å². The molecule has 21 heavy (non-hydrogen) atoms. The van der Waals surface area contributed by atoms with Crippen LogP contribution in [-0.4, -0.2) is 43.2 Å². The maximum atomic E-state index is 11.6. The molecule has 2 bridgehead atoms. The highest BCUT2D eigenvalue weighted by Gasteiger charge is 2.35. The Morgan fingerprint density at radius 3 is 2.81 bits per heavy atom. The first-order valence-corrected chi connectivity index (χ1v) is 7.79. The average molecular weight is 292 g/mol. The zero-order chi connectivity index (χ0) is 14.8. The Labute approximate surface area is 125 Å². The third-order valence-corrected chi connectivity index (χ3v) is 5.04. The van der Waals surface area contributed by atoms with Gasteiger partial charge < -0.3 is 19.4 Å². The van der Waals surface area contributed by atoms with Crippen molar-refractivity contribution in [2.75, 3.05) is 14.2 Å². The number of hydrogen-bond donors (Lipinski definition) is 1. The summed E-state index contributed by atoms with van der Waals surface area (Å²) in [6.07, 6.45) is 7.92. The molecule has 3 rings (SSSR count). The van der Waals surface area contributed by atoms with Crippen LogP contribution in [0.1, 0.15) is 48.2 Å². The van der Waals surface area contributed by atoms with Crippen LogP contribution >= 0.6 is 0 Å². The Kier molecular flexibility index (Phi) is 4.31. The zero-order valence-corrected chi connectivity index (χ0v) is 12.8. The molecule has 0 amide bonds. The molecule has 5 heteroatoms. The van der Waals surface area contributed by atoms with E-state index in [1.165, 1.54) is 39.2 Å². The number of piperidine rings is 2. The molecule has 2 aliphatic heterocycles. The smallest absolute Gasteiger partial charge is 0.374 e. The molecule has 1 aromatic heterocycles. The van der Waals surface area contributed by atoms with Gasteiger partial charge in [0.25, 0.3) is 0 Å². The van der Waals surface area contributed by atoms with Crippen molar-refractivity contribution in [2.45, 2.75) is 56.8 Å². The lowest BCUT2D eigenvalue weighted by atomic mass is 9.82. The van der Waals surface area contributed by atoms with E-state index in [1.807, 2.05) is 6.07 Å². The van der Waals surface area contributed by atoms with Gasteiger partial charge in [-0.25, -0.2) is 4.79 Å². The number of nitrogens with one attached hydrogen (secondary N) is 1. The predicted octanol–water partition coefficient (Wildman–Crippen LogP) is 2.17. The molecule has 2 unspecified atom stereocenters. The average Bonchev–Trinajstić information content (AvgIpc) is 2.93. The molecular formula is C16H24N2O3. The predicted molar refractivity (Wildman–Crippen MR) is 79.1 cm³/mol. The van der Waals surface area contributed by atoms with Crippen molar-refractivity contribution in [3.05, 3.63) is 23.7 Å². The molecule has 0 saturated carbocycles. The molecule has 2 atom stereocenters. The molecule has 116 valence electrons. The molecule has 3 heterocycles. The first-order chi connectivity index (χ1) is 10.2. The minimum atomic E-state index is -0.406. The van der Waals surface area contributed by atoms with Gasteiger partial charge in [0, 0.05) is 30.2 Å². The van der Waals surface area contributed by atoms with Crippen LogP contribution in [0.5, 0.6) is 0 Å². The SMILES string of the molecule is COC(=O)c1occc1CNC1CC2CCCC(C1)N2C. The number of hydrogen-bond acceptors (Lipinski definition) is 5. The van der Waals surface area contributed by atoms with Gasteiger partial charge in [-0.1, -0.05) is 6.42 Å². The Morgan fingerprint density at radius 2 is 2.14 bits per heavy atom. The monoisotopic (exact) mass is 292 g/mol. The second kappa shape index (κ2) is 6.20. The summed E-state index contributed by atoms with van der Waals surface area (Å²) in [6.45, 7) is 0.661. The normalized spacial score (nSPS) is 29.3. The number of fused-ring (bicyclic) bond motifs is 2. The fourth-order valence-electron chi connectivity index (χ4n) is 3.78. The third-order valence-electron chi connectivity index (χ3n) is 5.04. The lowest BCUT2D eigenvalue weighted by Crippen LogP contribution is -2.54. The van der Waals surface area contributed by atoms with Gasteiger partial charge in [0.2, 0.25) is 5.76 Å². The number of carbonyl (C=O) groups excluding carboxylic acids is 1.